The van der Waals surface area contributed by atoms with Gasteiger partial charge in [-0.25, -0.2) is 0 Å². The minimum Gasteiger partial charge on any atom is -0.463 e. The Balaban J connectivity index is 2.73. The van der Waals surface area contributed by atoms with E-state index in [1.165, 1.54) is 0 Å². The molecule has 2 saturated heterocycles. The van der Waals surface area contributed by atoms with Crippen LogP contribution in [0.3, 0.4) is 0 Å². The highest BCUT2D eigenvalue weighted by Crippen LogP contribution is 2.35. The topological polar surface area (TPSA) is 224 Å². The summed E-state index contributed by atoms with van der Waals surface area (Å²) in [5.74, 6) is -5.88. The van der Waals surface area contributed by atoms with Gasteiger partial charge in [-0.1, -0.05) is 0 Å². The van der Waals surface area contributed by atoms with Crippen LogP contribution in [0.1, 0.15) is 48.5 Å². The van der Waals surface area contributed by atoms with Crippen LogP contribution in [-0.2, 0) is 80.9 Å². The maximum Gasteiger partial charge on any atom is 0.303 e. The second-order valence-electron chi connectivity index (χ2n) is 9.90. The van der Waals surface area contributed by atoms with E-state index >= 15 is 0 Å². The summed E-state index contributed by atoms with van der Waals surface area (Å²) < 4.78 is 55.3. The van der Waals surface area contributed by atoms with Gasteiger partial charge < -0.3 is 47.4 Å². The highest BCUT2D eigenvalue weighted by molar-refractivity contribution is 7.78. The first-order valence-corrected chi connectivity index (χ1v) is 14.1. The van der Waals surface area contributed by atoms with Crippen LogP contribution in [-0.4, -0.2) is 122 Å². The third-order valence-electron chi connectivity index (χ3n) is 6.08. The molecule has 0 aliphatic carbocycles. The predicted molar refractivity (Wildman–Crippen MR) is 148 cm³/mol. The first-order chi connectivity index (χ1) is 21.5. The van der Waals surface area contributed by atoms with Crippen molar-refractivity contribution in [2.24, 2.45) is 4.99 Å². The van der Waals surface area contributed by atoms with Gasteiger partial charge in [0.1, 0.15) is 31.5 Å². The molecule has 0 radical (unpaired) electrons. The molecule has 2 aliphatic rings. The smallest absolute Gasteiger partial charge is 0.303 e. The van der Waals surface area contributed by atoms with Crippen LogP contribution in [0.25, 0.3) is 0 Å². The molecule has 2 aliphatic heterocycles. The fraction of sp³-hybridized carbons (Fsp3) is 0.704. The number of thiocarbonyl (C=S) groups is 1. The van der Waals surface area contributed by atoms with E-state index in [9.17, 15) is 33.6 Å². The van der Waals surface area contributed by atoms with Crippen LogP contribution in [0.15, 0.2) is 4.99 Å². The van der Waals surface area contributed by atoms with Crippen LogP contribution < -0.4 is 0 Å². The Morgan fingerprint density at radius 2 is 0.935 bits per heavy atom. The second kappa shape index (κ2) is 17.6. The number of carbonyl (C=O) groups excluding carboxylic acids is 7. The zero-order valence-electron chi connectivity index (χ0n) is 26.0. The molecular formula is C27H35NO17S. The summed E-state index contributed by atoms with van der Waals surface area (Å²) in [4.78, 5) is 88.1. The molecule has 0 spiro atoms. The minimum atomic E-state index is -1.78. The fourth-order valence-electron chi connectivity index (χ4n) is 4.65. The SMILES string of the molecule is CC(=O)OCC1O[C@H](O[C@@H]2C(COC(C)=O)O[C@@H](N=C=S)C(OC(C)=O)C2OC(C)=O)C(OC(C)=O)C(OC(C)=O)[C@@H]1OC(C)=O. The summed E-state index contributed by atoms with van der Waals surface area (Å²) in [7, 11) is 0. The number of hydrogen-bond acceptors (Lipinski definition) is 19. The van der Waals surface area contributed by atoms with Crippen molar-refractivity contribution in [2.75, 3.05) is 13.2 Å². The molecule has 0 N–H and O–H groups in total. The van der Waals surface area contributed by atoms with Crippen molar-refractivity contribution in [1.82, 2.24) is 0 Å². The molecule has 2 heterocycles. The van der Waals surface area contributed by atoms with E-state index in [-0.39, 0.29) is 0 Å². The zero-order chi connectivity index (χ0) is 34.7. The molecule has 19 heteroatoms. The number of nitrogens with zero attached hydrogens (tertiary/aromatic N) is 1. The van der Waals surface area contributed by atoms with E-state index in [1.807, 2.05) is 0 Å². The van der Waals surface area contributed by atoms with E-state index in [2.05, 4.69) is 22.4 Å². The van der Waals surface area contributed by atoms with Gasteiger partial charge >= 0.3 is 41.8 Å². The van der Waals surface area contributed by atoms with Crippen LogP contribution in [0.2, 0.25) is 0 Å². The average Bonchev–Trinajstić information content (AvgIpc) is 2.91. The van der Waals surface area contributed by atoms with Crippen molar-refractivity contribution in [3.63, 3.8) is 0 Å². The highest BCUT2D eigenvalue weighted by atomic mass is 32.1. The van der Waals surface area contributed by atoms with Gasteiger partial charge in [0.05, 0.1) is 5.16 Å². The average molecular weight is 678 g/mol. The first kappa shape index (κ1) is 38.2. The molecule has 0 aromatic heterocycles. The number of esters is 7. The van der Waals surface area contributed by atoms with Gasteiger partial charge in [0.15, 0.2) is 43.0 Å². The number of aliphatic imine (C=N–C) groups is 1. The maximum absolute atomic E-state index is 12.3. The molecule has 0 aromatic carbocycles. The number of hydrogen-bond donors (Lipinski definition) is 0. The van der Waals surface area contributed by atoms with E-state index in [1.54, 1.807) is 0 Å². The number of isothiocyanates is 1. The van der Waals surface area contributed by atoms with Crippen molar-refractivity contribution in [3.05, 3.63) is 0 Å². The molecule has 18 nitrogen and oxygen atoms in total. The molecule has 0 amide bonds. The molecule has 256 valence electrons. The number of ether oxygens (including phenoxy) is 10. The van der Waals surface area contributed by atoms with Gasteiger partial charge in [0.2, 0.25) is 0 Å². The first-order valence-electron chi connectivity index (χ1n) is 13.7. The number of carbonyl (C=O) groups is 7. The molecule has 2 fully saturated rings. The number of rotatable bonds is 12. The van der Waals surface area contributed by atoms with Crippen molar-refractivity contribution in [1.29, 1.82) is 0 Å². The lowest BCUT2D eigenvalue weighted by molar-refractivity contribution is -0.344. The largest absolute Gasteiger partial charge is 0.463 e. The lowest BCUT2D eigenvalue weighted by Gasteiger charge is -2.48. The zero-order valence-corrected chi connectivity index (χ0v) is 26.8. The fourth-order valence-corrected chi connectivity index (χ4v) is 4.75. The van der Waals surface area contributed by atoms with Gasteiger partial charge in [-0.15, -0.1) is 0 Å². The monoisotopic (exact) mass is 677 g/mol. The van der Waals surface area contributed by atoms with Crippen molar-refractivity contribution in [3.8, 4) is 0 Å². The Morgan fingerprint density at radius 1 is 0.543 bits per heavy atom. The lowest BCUT2D eigenvalue weighted by Crippen LogP contribution is -2.67. The van der Waals surface area contributed by atoms with E-state index in [4.69, 9.17) is 47.4 Å². The van der Waals surface area contributed by atoms with Gasteiger partial charge in [0.25, 0.3) is 0 Å². The molecule has 0 aromatic rings. The second-order valence-corrected chi connectivity index (χ2v) is 10.1. The predicted octanol–water partition coefficient (Wildman–Crippen LogP) is -0.291. The van der Waals surface area contributed by atoms with Crippen molar-refractivity contribution in [2.45, 2.75) is 110 Å². The van der Waals surface area contributed by atoms with E-state index in [0.29, 0.717) is 0 Å². The van der Waals surface area contributed by atoms with Crippen LogP contribution in [0.4, 0.5) is 0 Å². The summed E-state index contributed by atoms with van der Waals surface area (Å²) in [6, 6.07) is 0. The van der Waals surface area contributed by atoms with Gasteiger partial charge in [-0.2, -0.15) is 4.99 Å². The van der Waals surface area contributed by atoms with E-state index in [0.717, 1.165) is 48.5 Å². The molecule has 10 atom stereocenters. The Morgan fingerprint density at radius 3 is 1.37 bits per heavy atom. The highest BCUT2D eigenvalue weighted by Gasteiger charge is 2.57. The third-order valence-corrected chi connectivity index (χ3v) is 6.19. The van der Waals surface area contributed by atoms with Gasteiger partial charge in [-0.05, 0) is 12.2 Å². The summed E-state index contributed by atoms with van der Waals surface area (Å²) in [5, 5.41) is 2.09. The summed E-state index contributed by atoms with van der Waals surface area (Å²) >= 11 is 4.69. The van der Waals surface area contributed by atoms with Crippen LogP contribution >= 0.6 is 12.2 Å². The quantitative estimate of drug-likeness (QED) is 0.112. The molecule has 6 unspecified atom stereocenters. The third kappa shape index (κ3) is 11.4. The summed E-state index contributed by atoms with van der Waals surface area (Å²) in [6.45, 7) is 6.30. The Kier molecular flexibility index (Phi) is 14.6. The normalized spacial score (nSPS) is 30.3. The standard InChI is InChI=1S/C27H35NO17S/c1-11(29)36-8-18-21(22(39-14(4)32)24(41-16(6)34)26(43-18)28-10-46)45-27-25(42-17(7)35)23(40-15(5)33)20(38-13(3)31)19(44-27)9-37-12(2)30/h18-27H,8-9H2,1-7H3/t18?,19?,20-,21-,22?,23?,24?,25?,26-,27-/m1/s1. The van der Waals surface area contributed by atoms with Crippen molar-refractivity contribution < 1.29 is 80.9 Å². The molecule has 2 rings (SSSR count). The van der Waals surface area contributed by atoms with Gasteiger partial charge in [-0.3, -0.25) is 33.6 Å². The van der Waals surface area contributed by atoms with E-state index < -0.39 is 116 Å². The summed E-state index contributed by atoms with van der Waals surface area (Å²) in [6.07, 6.45) is -15.4. The van der Waals surface area contributed by atoms with Crippen LogP contribution in [0, 0.1) is 0 Å². The minimum absolute atomic E-state index is 0.542. The lowest BCUT2D eigenvalue weighted by atomic mass is 9.95. The van der Waals surface area contributed by atoms with Crippen LogP contribution in [0.5, 0.6) is 0 Å². The Hall–Kier alpha value is -4.03. The Labute approximate surface area is 268 Å². The summed E-state index contributed by atoms with van der Waals surface area (Å²) in [5.41, 5.74) is 0. The van der Waals surface area contributed by atoms with Crippen molar-refractivity contribution >= 4 is 59.2 Å². The molecular weight excluding hydrogens is 642 g/mol. The van der Waals surface area contributed by atoms with Gasteiger partial charge in [0, 0.05) is 48.5 Å². The Bertz CT molecular complexity index is 1220. The molecule has 46 heavy (non-hydrogen) atoms. The molecule has 0 bridgehead atoms. The molecule has 0 saturated carbocycles. The maximum atomic E-state index is 12.3.